The van der Waals surface area contributed by atoms with Crippen LogP contribution >= 0.6 is 0 Å². The molecule has 0 rings (SSSR count). The van der Waals surface area contributed by atoms with E-state index in [2.05, 4.69) is 0 Å². The van der Waals surface area contributed by atoms with Crippen LogP contribution in [0.4, 0.5) is 0 Å². The van der Waals surface area contributed by atoms with Gasteiger partial charge in [-0.3, -0.25) is 0 Å². The molecule has 0 fully saturated rings. The van der Waals surface area contributed by atoms with E-state index in [1.165, 1.54) is 0 Å². The molecule has 0 saturated heterocycles. The van der Waals surface area contributed by atoms with Gasteiger partial charge in [-0.05, 0) is 27.7 Å². The van der Waals surface area contributed by atoms with E-state index in [-0.39, 0.29) is 0 Å². The molecule has 4 nitrogen and oxygen atoms in total. The van der Waals surface area contributed by atoms with Gasteiger partial charge in [-0.1, -0.05) is 0 Å². The molecule has 0 heterocycles. The smallest absolute Gasteiger partial charge is 0.286 e. The van der Waals surface area contributed by atoms with E-state index in [1.807, 2.05) is 26.8 Å². The maximum atomic E-state index is 9.06. The Balaban J connectivity index is 4.56. The lowest BCUT2D eigenvalue weighted by Gasteiger charge is -2.31. The van der Waals surface area contributed by atoms with Crippen LogP contribution in [0.3, 0.4) is 0 Å². The van der Waals surface area contributed by atoms with Gasteiger partial charge >= 0.3 is 0 Å². The first-order valence-electron chi connectivity index (χ1n) is 4.97. The zero-order valence-electron chi connectivity index (χ0n) is 9.37. The van der Waals surface area contributed by atoms with Crippen LogP contribution in [0.25, 0.3) is 0 Å². The zero-order valence-corrected chi connectivity index (χ0v) is 9.37. The maximum absolute atomic E-state index is 9.06. The van der Waals surface area contributed by atoms with E-state index in [0.717, 1.165) is 0 Å². The lowest BCUT2D eigenvalue weighted by molar-refractivity contribution is -0.249. The highest BCUT2D eigenvalue weighted by Gasteiger charge is 2.39. The molecule has 1 unspecified atom stereocenters. The first-order chi connectivity index (χ1) is 6.66. The average Bonchev–Trinajstić information content (AvgIpc) is 2.17. The number of ether oxygens (including phenoxy) is 3. The van der Waals surface area contributed by atoms with Crippen LogP contribution in [0.2, 0.25) is 0 Å². The van der Waals surface area contributed by atoms with Gasteiger partial charge in [0.25, 0.3) is 5.79 Å². The standard InChI is InChI=1S/C10H19NO3/c1-5-12-9(4)10(8-11,13-6-2)14-7-3/h9H,5-7H2,1-4H3. The molecule has 0 aliphatic rings. The summed E-state index contributed by atoms with van der Waals surface area (Å²) < 4.78 is 16.0. The minimum absolute atomic E-state index is 0.391. The minimum Gasteiger partial charge on any atom is -0.372 e. The fraction of sp³-hybridized carbons (Fsp3) is 0.900. The van der Waals surface area contributed by atoms with Crippen molar-refractivity contribution in [3.05, 3.63) is 0 Å². The van der Waals surface area contributed by atoms with Crippen molar-refractivity contribution in [3.8, 4) is 6.07 Å². The molecule has 0 N–H and O–H groups in total. The van der Waals surface area contributed by atoms with Crippen LogP contribution in [0.15, 0.2) is 0 Å². The molecule has 0 aromatic rings. The largest absolute Gasteiger partial charge is 0.372 e. The van der Waals surface area contributed by atoms with Gasteiger partial charge in [-0.25, -0.2) is 0 Å². The Morgan fingerprint density at radius 1 is 1.14 bits per heavy atom. The monoisotopic (exact) mass is 201 g/mol. The lowest BCUT2D eigenvalue weighted by Crippen LogP contribution is -2.46. The van der Waals surface area contributed by atoms with E-state index in [4.69, 9.17) is 19.5 Å². The van der Waals surface area contributed by atoms with Crippen LogP contribution in [-0.4, -0.2) is 31.7 Å². The number of hydrogen-bond donors (Lipinski definition) is 0. The van der Waals surface area contributed by atoms with Crippen LogP contribution in [0.1, 0.15) is 27.7 Å². The van der Waals surface area contributed by atoms with E-state index < -0.39 is 11.9 Å². The average molecular weight is 201 g/mol. The second-order valence-electron chi connectivity index (χ2n) is 2.74. The Bertz CT molecular complexity index is 182. The van der Waals surface area contributed by atoms with Gasteiger partial charge in [0.15, 0.2) is 0 Å². The van der Waals surface area contributed by atoms with Crippen LogP contribution in [0, 0.1) is 11.3 Å². The summed E-state index contributed by atoms with van der Waals surface area (Å²) in [7, 11) is 0. The van der Waals surface area contributed by atoms with Crippen molar-refractivity contribution >= 4 is 0 Å². The first kappa shape index (κ1) is 13.4. The van der Waals surface area contributed by atoms with Crippen molar-refractivity contribution in [2.75, 3.05) is 19.8 Å². The third-order valence-electron chi connectivity index (χ3n) is 1.83. The summed E-state index contributed by atoms with van der Waals surface area (Å²) in [6, 6.07) is 2.03. The van der Waals surface area contributed by atoms with Gasteiger partial charge in [0.1, 0.15) is 12.2 Å². The molecule has 82 valence electrons. The Labute approximate surface area is 85.8 Å². The van der Waals surface area contributed by atoms with Gasteiger partial charge in [0, 0.05) is 19.8 Å². The van der Waals surface area contributed by atoms with Crippen molar-refractivity contribution in [2.24, 2.45) is 0 Å². The first-order valence-corrected chi connectivity index (χ1v) is 4.97. The number of nitrogens with zero attached hydrogens (tertiary/aromatic N) is 1. The summed E-state index contributed by atoms with van der Waals surface area (Å²) in [6.07, 6.45) is -0.391. The summed E-state index contributed by atoms with van der Waals surface area (Å²) in [4.78, 5) is 0. The quantitative estimate of drug-likeness (QED) is 0.588. The molecule has 0 aromatic heterocycles. The molecule has 14 heavy (non-hydrogen) atoms. The van der Waals surface area contributed by atoms with Crippen molar-refractivity contribution in [1.82, 2.24) is 0 Å². The number of rotatable bonds is 7. The summed E-state index contributed by atoms with van der Waals surface area (Å²) in [5.41, 5.74) is 0. The van der Waals surface area contributed by atoms with Crippen molar-refractivity contribution in [1.29, 1.82) is 5.26 Å². The maximum Gasteiger partial charge on any atom is 0.286 e. The highest BCUT2D eigenvalue weighted by molar-refractivity contribution is 4.99. The molecular weight excluding hydrogens is 182 g/mol. The third-order valence-corrected chi connectivity index (χ3v) is 1.83. The normalized spacial score (nSPS) is 13.6. The third kappa shape index (κ3) is 3.26. The topological polar surface area (TPSA) is 51.5 Å². The molecule has 0 aliphatic heterocycles. The van der Waals surface area contributed by atoms with E-state index in [0.29, 0.717) is 19.8 Å². The molecule has 1 atom stereocenters. The summed E-state index contributed by atoms with van der Waals surface area (Å²) in [6.45, 7) is 8.67. The molecule has 0 spiro atoms. The summed E-state index contributed by atoms with van der Waals surface area (Å²) >= 11 is 0. The highest BCUT2D eigenvalue weighted by Crippen LogP contribution is 2.20. The Hall–Kier alpha value is -0.630. The molecule has 0 aliphatic carbocycles. The Morgan fingerprint density at radius 3 is 1.93 bits per heavy atom. The number of nitriles is 1. The minimum atomic E-state index is -1.26. The molecular formula is C10H19NO3. The zero-order chi connectivity index (χ0) is 11.0. The second kappa shape index (κ2) is 6.77. The summed E-state index contributed by atoms with van der Waals surface area (Å²) in [5, 5.41) is 9.06. The van der Waals surface area contributed by atoms with Crippen LogP contribution in [-0.2, 0) is 14.2 Å². The second-order valence-corrected chi connectivity index (χ2v) is 2.74. The van der Waals surface area contributed by atoms with Crippen molar-refractivity contribution < 1.29 is 14.2 Å². The van der Waals surface area contributed by atoms with E-state index in [9.17, 15) is 0 Å². The van der Waals surface area contributed by atoms with Crippen molar-refractivity contribution in [3.63, 3.8) is 0 Å². The molecule has 0 aromatic carbocycles. The summed E-state index contributed by atoms with van der Waals surface area (Å²) in [5.74, 6) is -1.26. The van der Waals surface area contributed by atoms with Gasteiger partial charge in [0.2, 0.25) is 0 Å². The predicted molar refractivity (Wildman–Crippen MR) is 52.7 cm³/mol. The van der Waals surface area contributed by atoms with E-state index >= 15 is 0 Å². The molecule has 0 radical (unpaired) electrons. The predicted octanol–water partition coefficient (Wildman–Crippen LogP) is 1.70. The van der Waals surface area contributed by atoms with Gasteiger partial charge in [-0.2, -0.15) is 5.26 Å². The van der Waals surface area contributed by atoms with Crippen molar-refractivity contribution in [2.45, 2.75) is 39.6 Å². The Kier molecular flexibility index (Phi) is 6.46. The highest BCUT2D eigenvalue weighted by atomic mass is 16.7. The number of hydrogen-bond acceptors (Lipinski definition) is 4. The fourth-order valence-electron chi connectivity index (χ4n) is 1.22. The van der Waals surface area contributed by atoms with Gasteiger partial charge in [0.05, 0.1) is 0 Å². The van der Waals surface area contributed by atoms with Crippen LogP contribution < -0.4 is 0 Å². The molecule has 0 bridgehead atoms. The van der Waals surface area contributed by atoms with E-state index in [1.54, 1.807) is 6.92 Å². The van der Waals surface area contributed by atoms with Gasteiger partial charge in [-0.15, -0.1) is 0 Å². The lowest BCUT2D eigenvalue weighted by atomic mass is 10.2. The molecule has 0 amide bonds. The SMILES string of the molecule is CCOC(C)C(C#N)(OCC)OCC. The molecule has 4 heteroatoms. The Morgan fingerprint density at radius 2 is 1.64 bits per heavy atom. The molecule has 0 saturated carbocycles. The van der Waals surface area contributed by atoms with Gasteiger partial charge < -0.3 is 14.2 Å². The van der Waals surface area contributed by atoms with Crippen LogP contribution in [0.5, 0.6) is 0 Å². The fourth-order valence-corrected chi connectivity index (χ4v) is 1.22.